The molecule has 20 heavy (non-hydrogen) atoms. The molecule has 7 nitrogen and oxygen atoms in total. The molecule has 0 atom stereocenters. The maximum absolute atomic E-state index is 13.4. The second kappa shape index (κ2) is 5.59. The van der Waals surface area contributed by atoms with Gasteiger partial charge in [0.05, 0.1) is 4.92 Å². The van der Waals surface area contributed by atoms with Crippen LogP contribution in [-0.2, 0) is 6.42 Å². The molecule has 0 radical (unpaired) electrons. The summed E-state index contributed by atoms with van der Waals surface area (Å²) in [6.45, 7) is 1.79. The van der Waals surface area contributed by atoms with Gasteiger partial charge in [0, 0.05) is 32.0 Å². The van der Waals surface area contributed by atoms with Crippen molar-refractivity contribution in [1.82, 2.24) is 10.1 Å². The van der Waals surface area contributed by atoms with Crippen molar-refractivity contribution in [2.45, 2.75) is 13.3 Å². The number of nitro benzene ring substituents is 1. The maximum Gasteiger partial charge on any atom is 0.327 e. The molecule has 9 heteroatoms. The number of nitrogens with zero attached hydrogens (tertiary/aromatic N) is 3. The summed E-state index contributed by atoms with van der Waals surface area (Å²) < 4.78 is 31.2. The molecular weight excluding hydrogens is 274 g/mol. The predicted octanol–water partition coefficient (Wildman–Crippen LogP) is 2.22. The van der Waals surface area contributed by atoms with E-state index < -0.39 is 22.2 Å². The fourth-order valence-electron chi connectivity index (χ4n) is 1.64. The Morgan fingerprint density at radius 2 is 2.20 bits per heavy atom. The zero-order chi connectivity index (χ0) is 14.7. The van der Waals surface area contributed by atoms with E-state index in [1.807, 2.05) is 0 Å². The van der Waals surface area contributed by atoms with Gasteiger partial charge in [0.25, 0.3) is 0 Å². The Hall–Kier alpha value is -2.58. The van der Waals surface area contributed by atoms with E-state index in [9.17, 15) is 18.9 Å². The quantitative estimate of drug-likeness (QED) is 0.668. The van der Waals surface area contributed by atoms with Crippen molar-refractivity contribution < 1.29 is 18.2 Å². The van der Waals surface area contributed by atoms with Gasteiger partial charge < -0.3 is 9.84 Å². The van der Waals surface area contributed by atoms with Crippen LogP contribution in [0.4, 0.5) is 20.2 Å². The molecule has 0 amide bonds. The van der Waals surface area contributed by atoms with Crippen LogP contribution in [-0.4, -0.2) is 21.6 Å². The van der Waals surface area contributed by atoms with Crippen LogP contribution in [0.2, 0.25) is 0 Å². The largest absolute Gasteiger partial charge is 0.379 e. The minimum atomic E-state index is -1.23. The van der Waals surface area contributed by atoms with Gasteiger partial charge in [-0.1, -0.05) is 5.16 Å². The molecular formula is C11H10F2N4O3. The third-order valence-electron chi connectivity index (χ3n) is 2.44. The van der Waals surface area contributed by atoms with Gasteiger partial charge in [-0.05, 0) is 0 Å². The van der Waals surface area contributed by atoms with E-state index in [1.54, 1.807) is 6.92 Å². The molecule has 0 spiro atoms. The number of anilines is 1. The molecule has 106 valence electrons. The van der Waals surface area contributed by atoms with Crippen molar-refractivity contribution in [3.05, 3.63) is 45.6 Å². The van der Waals surface area contributed by atoms with Crippen LogP contribution in [0.3, 0.4) is 0 Å². The minimum absolute atomic E-state index is 0.169. The van der Waals surface area contributed by atoms with Gasteiger partial charge in [0.15, 0.2) is 5.82 Å². The molecule has 0 saturated carbocycles. The number of aromatic nitrogens is 2. The lowest BCUT2D eigenvalue weighted by Gasteiger charge is -2.06. The fourth-order valence-corrected chi connectivity index (χ4v) is 1.64. The number of nitrogens with one attached hydrogen (secondary N) is 1. The summed E-state index contributed by atoms with van der Waals surface area (Å²) in [5.74, 6) is -1.34. The summed E-state index contributed by atoms with van der Waals surface area (Å²) in [6, 6.07) is 1.33. The second-order valence-electron chi connectivity index (χ2n) is 3.95. The first-order valence-corrected chi connectivity index (χ1v) is 5.64. The van der Waals surface area contributed by atoms with Gasteiger partial charge in [-0.15, -0.1) is 0 Å². The molecule has 1 aromatic heterocycles. The molecule has 1 heterocycles. The van der Waals surface area contributed by atoms with Crippen molar-refractivity contribution >= 4 is 11.4 Å². The van der Waals surface area contributed by atoms with Crippen molar-refractivity contribution in [1.29, 1.82) is 0 Å². The lowest BCUT2D eigenvalue weighted by atomic mass is 10.2. The van der Waals surface area contributed by atoms with E-state index in [0.717, 1.165) is 6.07 Å². The van der Waals surface area contributed by atoms with E-state index in [-0.39, 0.29) is 12.2 Å². The first-order chi connectivity index (χ1) is 9.47. The number of rotatable bonds is 5. The number of aryl methyl sites for hydroxylation is 1. The predicted molar refractivity (Wildman–Crippen MR) is 64.2 cm³/mol. The molecule has 0 saturated heterocycles. The summed E-state index contributed by atoms with van der Waals surface area (Å²) in [4.78, 5) is 13.8. The van der Waals surface area contributed by atoms with E-state index >= 15 is 0 Å². The van der Waals surface area contributed by atoms with E-state index in [2.05, 4.69) is 15.5 Å². The molecule has 1 aromatic carbocycles. The fraction of sp³-hybridized carbons (Fsp3) is 0.273. The van der Waals surface area contributed by atoms with E-state index in [1.165, 1.54) is 0 Å². The standard InChI is InChI=1S/C11H10F2N4O3/c1-6-15-10(16-20-6)2-3-14-9-5-7(12)4-8(13)11(9)17(18)19/h4-5,14H,2-3H2,1H3. The first kappa shape index (κ1) is 13.8. The Morgan fingerprint density at radius 3 is 2.80 bits per heavy atom. The van der Waals surface area contributed by atoms with Crippen LogP contribution in [0.5, 0.6) is 0 Å². The Morgan fingerprint density at radius 1 is 1.45 bits per heavy atom. The zero-order valence-electron chi connectivity index (χ0n) is 10.4. The summed E-state index contributed by atoms with van der Waals surface area (Å²) in [7, 11) is 0. The zero-order valence-corrected chi connectivity index (χ0v) is 10.4. The molecule has 0 unspecified atom stereocenters. The molecule has 0 fully saturated rings. The molecule has 0 aliphatic heterocycles. The highest BCUT2D eigenvalue weighted by molar-refractivity contribution is 5.62. The van der Waals surface area contributed by atoms with Crippen LogP contribution < -0.4 is 5.32 Å². The second-order valence-corrected chi connectivity index (χ2v) is 3.95. The Bertz CT molecular complexity index is 645. The Balaban J connectivity index is 2.10. The van der Waals surface area contributed by atoms with Crippen LogP contribution in [0.1, 0.15) is 11.7 Å². The number of benzene rings is 1. The number of halogens is 2. The third kappa shape index (κ3) is 3.05. The van der Waals surface area contributed by atoms with Crippen molar-refractivity contribution in [3.8, 4) is 0 Å². The Labute approximate surface area is 111 Å². The highest BCUT2D eigenvalue weighted by atomic mass is 19.1. The lowest BCUT2D eigenvalue weighted by molar-refractivity contribution is -0.386. The van der Waals surface area contributed by atoms with Crippen LogP contribution >= 0.6 is 0 Å². The molecule has 0 aliphatic carbocycles. The van der Waals surface area contributed by atoms with Crippen molar-refractivity contribution in [3.63, 3.8) is 0 Å². The summed E-state index contributed by atoms with van der Waals surface area (Å²) in [5, 5.41) is 17.0. The number of nitro groups is 1. The monoisotopic (exact) mass is 284 g/mol. The highest BCUT2D eigenvalue weighted by Crippen LogP contribution is 2.28. The molecule has 0 bridgehead atoms. The lowest BCUT2D eigenvalue weighted by Crippen LogP contribution is -2.09. The maximum atomic E-state index is 13.4. The third-order valence-corrected chi connectivity index (χ3v) is 2.44. The van der Waals surface area contributed by atoms with Gasteiger partial charge in [-0.3, -0.25) is 10.1 Å². The highest BCUT2D eigenvalue weighted by Gasteiger charge is 2.21. The van der Waals surface area contributed by atoms with Crippen molar-refractivity contribution in [2.24, 2.45) is 0 Å². The summed E-state index contributed by atoms with van der Waals surface area (Å²) >= 11 is 0. The number of hydrogen-bond acceptors (Lipinski definition) is 6. The number of hydrogen-bond donors (Lipinski definition) is 1. The van der Waals surface area contributed by atoms with Gasteiger partial charge in [-0.2, -0.15) is 9.37 Å². The summed E-state index contributed by atoms with van der Waals surface area (Å²) in [6.07, 6.45) is 0.298. The average Bonchev–Trinajstić information content (AvgIpc) is 2.73. The summed E-state index contributed by atoms with van der Waals surface area (Å²) in [5.41, 5.74) is -1.02. The van der Waals surface area contributed by atoms with Gasteiger partial charge in [0.2, 0.25) is 11.7 Å². The van der Waals surface area contributed by atoms with E-state index in [4.69, 9.17) is 4.52 Å². The normalized spacial score (nSPS) is 10.6. The average molecular weight is 284 g/mol. The molecule has 2 rings (SSSR count). The van der Waals surface area contributed by atoms with Crippen LogP contribution in [0, 0.1) is 28.7 Å². The van der Waals surface area contributed by atoms with Gasteiger partial charge >= 0.3 is 5.69 Å². The first-order valence-electron chi connectivity index (χ1n) is 5.64. The Kier molecular flexibility index (Phi) is 3.87. The smallest absolute Gasteiger partial charge is 0.327 e. The van der Waals surface area contributed by atoms with Crippen LogP contribution in [0.25, 0.3) is 0 Å². The molecule has 2 aromatic rings. The topological polar surface area (TPSA) is 94.1 Å². The van der Waals surface area contributed by atoms with Gasteiger partial charge in [0.1, 0.15) is 11.5 Å². The molecule has 0 aliphatic rings. The van der Waals surface area contributed by atoms with E-state index in [0.29, 0.717) is 24.2 Å². The SMILES string of the molecule is Cc1nc(CCNc2cc(F)cc(F)c2[N+](=O)[O-])no1. The minimum Gasteiger partial charge on any atom is -0.379 e. The molecule has 1 N–H and O–H groups in total. The van der Waals surface area contributed by atoms with Gasteiger partial charge in [-0.25, -0.2) is 4.39 Å². The van der Waals surface area contributed by atoms with Crippen molar-refractivity contribution in [2.75, 3.05) is 11.9 Å². The van der Waals surface area contributed by atoms with Crippen LogP contribution in [0.15, 0.2) is 16.7 Å².